The molecule has 1 amide bonds. The zero-order valence-electron chi connectivity index (χ0n) is 14.4. The van der Waals surface area contributed by atoms with E-state index in [4.69, 9.17) is 5.84 Å². The first-order chi connectivity index (χ1) is 12.0. The van der Waals surface area contributed by atoms with Crippen LogP contribution in [0.1, 0.15) is 33.1 Å². The van der Waals surface area contributed by atoms with Gasteiger partial charge in [0.15, 0.2) is 5.82 Å². The third kappa shape index (κ3) is 3.78. The zero-order chi connectivity index (χ0) is 18.0. The molecule has 0 radical (unpaired) electrons. The minimum Gasteiger partial charge on any atom is -0.337 e. The average Bonchev–Trinajstić information content (AvgIpc) is 2.94. The topological polar surface area (TPSA) is 77.0 Å². The molecule has 1 saturated heterocycles. The summed E-state index contributed by atoms with van der Waals surface area (Å²) in [4.78, 5) is 14.5. The molecule has 3 rings (SSSR count). The maximum Gasteiger partial charge on any atom is 0.233 e. The summed E-state index contributed by atoms with van der Waals surface area (Å²) in [5.74, 6) is 6.53. The highest BCUT2D eigenvalue weighted by Crippen LogP contribution is 2.26. The highest BCUT2D eigenvalue weighted by molar-refractivity contribution is 7.99. The van der Waals surface area contributed by atoms with Crippen molar-refractivity contribution in [1.82, 2.24) is 19.8 Å². The maximum absolute atomic E-state index is 13.0. The molecule has 1 aliphatic heterocycles. The van der Waals surface area contributed by atoms with Crippen molar-refractivity contribution < 1.29 is 9.18 Å². The number of hydrogen-bond acceptors (Lipinski definition) is 5. The minimum absolute atomic E-state index is 0.0935. The van der Waals surface area contributed by atoms with Crippen LogP contribution in [0.2, 0.25) is 0 Å². The van der Waals surface area contributed by atoms with Crippen molar-refractivity contribution in [3.05, 3.63) is 30.1 Å². The van der Waals surface area contributed by atoms with Gasteiger partial charge >= 0.3 is 0 Å². The van der Waals surface area contributed by atoms with Crippen LogP contribution in [0.4, 0.5) is 4.39 Å². The van der Waals surface area contributed by atoms with Gasteiger partial charge in [-0.3, -0.25) is 4.79 Å². The van der Waals surface area contributed by atoms with E-state index >= 15 is 0 Å². The number of piperidine rings is 1. The Hall–Kier alpha value is -2.09. The number of nitrogen functional groups attached to an aromatic ring is 1. The maximum atomic E-state index is 13.0. The number of nitrogens with zero attached hydrogens (tertiary/aromatic N) is 4. The number of benzene rings is 1. The number of likely N-dealkylation sites (tertiary alicyclic amines) is 1. The van der Waals surface area contributed by atoms with E-state index in [0.29, 0.717) is 16.5 Å². The third-order valence-corrected chi connectivity index (χ3v) is 5.50. The average molecular weight is 363 g/mol. The van der Waals surface area contributed by atoms with Gasteiger partial charge in [-0.2, -0.15) is 0 Å². The van der Waals surface area contributed by atoms with E-state index in [0.717, 1.165) is 19.3 Å². The number of nitrogens with two attached hydrogens (primary N) is 1. The Labute approximate surface area is 150 Å². The molecule has 2 atom stereocenters. The second-order valence-electron chi connectivity index (χ2n) is 6.40. The van der Waals surface area contributed by atoms with Crippen molar-refractivity contribution in [2.24, 2.45) is 0 Å². The molecule has 8 heteroatoms. The molecule has 1 aromatic heterocycles. The predicted molar refractivity (Wildman–Crippen MR) is 95.9 cm³/mol. The standard InChI is InChI=1S/C17H22FN5OS/c1-11-4-3-5-12(2)22(11)15(24)10-25-17-21-20-16(23(17)19)13-6-8-14(18)9-7-13/h6-9,11-12H,3-5,10,19H2,1-2H3/t11-,12-/m0/s1. The number of halogens is 1. The molecule has 2 aromatic rings. The Morgan fingerprint density at radius 3 is 2.52 bits per heavy atom. The van der Waals surface area contributed by atoms with Crippen LogP contribution in [0.5, 0.6) is 0 Å². The van der Waals surface area contributed by atoms with Gasteiger partial charge in [0.1, 0.15) is 5.82 Å². The van der Waals surface area contributed by atoms with E-state index < -0.39 is 0 Å². The van der Waals surface area contributed by atoms with Crippen molar-refractivity contribution in [1.29, 1.82) is 0 Å². The van der Waals surface area contributed by atoms with Gasteiger partial charge in [-0.05, 0) is 57.4 Å². The van der Waals surface area contributed by atoms with Gasteiger partial charge in [0.2, 0.25) is 11.1 Å². The summed E-state index contributed by atoms with van der Waals surface area (Å²) in [6.07, 6.45) is 3.25. The van der Waals surface area contributed by atoms with Crippen molar-refractivity contribution in [3.8, 4) is 11.4 Å². The lowest BCUT2D eigenvalue weighted by molar-refractivity contribution is -0.134. The number of hydrogen-bond donors (Lipinski definition) is 1. The van der Waals surface area contributed by atoms with Crippen molar-refractivity contribution in [3.63, 3.8) is 0 Å². The molecule has 0 unspecified atom stereocenters. The summed E-state index contributed by atoms with van der Waals surface area (Å²) in [6.45, 7) is 4.19. The smallest absolute Gasteiger partial charge is 0.233 e. The summed E-state index contributed by atoms with van der Waals surface area (Å²) >= 11 is 1.27. The first-order valence-corrected chi connectivity index (χ1v) is 9.36. The number of thioether (sulfide) groups is 1. The number of rotatable bonds is 4. The van der Waals surface area contributed by atoms with Crippen LogP contribution in [0.25, 0.3) is 11.4 Å². The number of carbonyl (C=O) groups is 1. The SMILES string of the molecule is C[C@H]1CCC[C@H](C)N1C(=O)CSc1nnc(-c2ccc(F)cc2)n1N. The Bertz CT molecular complexity index is 738. The molecular formula is C17H22FN5OS. The second kappa shape index (κ2) is 7.43. The van der Waals surface area contributed by atoms with Gasteiger partial charge in [-0.1, -0.05) is 11.8 Å². The van der Waals surface area contributed by atoms with Crippen molar-refractivity contribution >= 4 is 17.7 Å². The van der Waals surface area contributed by atoms with Crippen LogP contribution in [0.15, 0.2) is 29.4 Å². The molecule has 0 spiro atoms. The van der Waals surface area contributed by atoms with E-state index in [2.05, 4.69) is 24.0 Å². The molecule has 0 aliphatic carbocycles. The van der Waals surface area contributed by atoms with Gasteiger partial charge in [-0.25, -0.2) is 9.07 Å². The summed E-state index contributed by atoms with van der Waals surface area (Å²) < 4.78 is 14.4. The first kappa shape index (κ1) is 17.7. The Balaban J connectivity index is 1.68. The Morgan fingerprint density at radius 1 is 1.24 bits per heavy atom. The molecule has 1 fully saturated rings. The van der Waals surface area contributed by atoms with Crippen LogP contribution < -0.4 is 5.84 Å². The van der Waals surface area contributed by atoms with Crippen LogP contribution in [0.3, 0.4) is 0 Å². The molecule has 25 heavy (non-hydrogen) atoms. The fraction of sp³-hybridized carbons (Fsp3) is 0.471. The predicted octanol–water partition coefficient (Wildman–Crippen LogP) is 2.68. The lowest BCUT2D eigenvalue weighted by Gasteiger charge is -2.39. The van der Waals surface area contributed by atoms with E-state index in [1.54, 1.807) is 12.1 Å². The van der Waals surface area contributed by atoms with E-state index in [9.17, 15) is 9.18 Å². The van der Waals surface area contributed by atoms with Gasteiger partial charge in [-0.15, -0.1) is 10.2 Å². The normalized spacial score (nSPS) is 20.7. The Kier molecular flexibility index (Phi) is 5.27. The molecule has 0 bridgehead atoms. The van der Waals surface area contributed by atoms with Gasteiger partial charge < -0.3 is 10.7 Å². The van der Waals surface area contributed by atoms with Gasteiger partial charge in [0, 0.05) is 17.6 Å². The van der Waals surface area contributed by atoms with Crippen LogP contribution in [0, 0.1) is 5.82 Å². The van der Waals surface area contributed by atoms with Crippen LogP contribution in [-0.4, -0.2) is 43.5 Å². The first-order valence-electron chi connectivity index (χ1n) is 8.37. The lowest BCUT2D eigenvalue weighted by atomic mass is 9.98. The molecule has 2 heterocycles. The van der Waals surface area contributed by atoms with Crippen molar-refractivity contribution in [2.45, 2.75) is 50.4 Å². The summed E-state index contributed by atoms with van der Waals surface area (Å²) in [6, 6.07) is 6.42. The van der Waals surface area contributed by atoms with Crippen LogP contribution >= 0.6 is 11.8 Å². The molecule has 2 N–H and O–H groups in total. The van der Waals surface area contributed by atoms with E-state index in [1.165, 1.54) is 28.6 Å². The number of aromatic nitrogens is 3. The third-order valence-electron chi connectivity index (χ3n) is 4.57. The number of amides is 1. The quantitative estimate of drug-likeness (QED) is 0.667. The molecular weight excluding hydrogens is 341 g/mol. The summed E-state index contributed by atoms with van der Waals surface area (Å²) in [5.41, 5.74) is 0.674. The zero-order valence-corrected chi connectivity index (χ0v) is 15.2. The highest BCUT2D eigenvalue weighted by Gasteiger charge is 2.29. The summed E-state index contributed by atoms with van der Waals surface area (Å²) in [5, 5.41) is 8.57. The van der Waals surface area contributed by atoms with Crippen molar-refractivity contribution in [2.75, 3.05) is 11.6 Å². The van der Waals surface area contributed by atoms with Crippen LogP contribution in [-0.2, 0) is 4.79 Å². The molecule has 0 saturated carbocycles. The highest BCUT2D eigenvalue weighted by atomic mass is 32.2. The Morgan fingerprint density at radius 2 is 1.88 bits per heavy atom. The number of carbonyl (C=O) groups excluding carboxylic acids is 1. The lowest BCUT2D eigenvalue weighted by Crippen LogP contribution is -2.48. The fourth-order valence-corrected chi connectivity index (χ4v) is 4.01. The molecule has 134 valence electrons. The van der Waals surface area contributed by atoms with E-state index in [-0.39, 0.29) is 29.6 Å². The largest absolute Gasteiger partial charge is 0.337 e. The molecule has 6 nitrogen and oxygen atoms in total. The van der Waals surface area contributed by atoms with Gasteiger partial charge in [0.05, 0.1) is 5.75 Å². The summed E-state index contributed by atoms with van der Waals surface area (Å²) in [7, 11) is 0. The monoisotopic (exact) mass is 363 g/mol. The van der Waals surface area contributed by atoms with E-state index in [1.807, 2.05) is 4.90 Å². The van der Waals surface area contributed by atoms with Gasteiger partial charge in [0.25, 0.3) is 0 Å². The minimum atomic E-state index is -0.322. The fourth-order valence-electron chi connectivity index (χ4n) is 3.28. The molecule has 1 aliphatic rings. The molecule has 1 aromatic carbocycles. The second-order valence-corrected chi connectivity index (χ2v) is 7.34.